The zero-order valence-corrected chi connectivity index (χ0v) is 16.9. The summed E-state index contributed by atoms with van der Waals surface area (Å²) >= 11 is 0. The Morgan fingerprint density at radius 3 is 2.34 bits per heavy atom. The van der Waals surface area contributed by atoms with Crippen LogP contribution in [-0.2, 0) is 9.59 Å². The maximum atomic E-state index is 12.7. The van der Waals surface area contributed by atoms with E-state index in [-0.39, 0.29) is 23.8 Å². The number of likely N-dealkylation sites (N-methyl/N-ethyl adjacent to an activating group) is 1. The number of urea groups is 1. The van der Waals surface area contributed by atoms with Crippen LogP contribution in [0.3, 0.4) is 0 Å². The molecule has 2 aliphatic rings. The number of imide groups is 1. The highest BCUT2D eigenvalue weighted by atomic mass is 16.2. The summed E-state index contributed by atoms with van der Waals surface area (Å²) in [6.45, 7) is 3.99. The minimum absolute atomic E-state index is 0.0487. The monoisotopic (exact) mass is 395 g/mol. The van der Waals surface area contributed by atoms with Gasteiger partial charge in [-0.05, 0) is 63.8 Å². The number of hydrogen-bond donors (Lipinski definition) is 2. The van der Waals surface area contributed by atoms with E-state index in [1.807, 2.05) is 42.7 Å². The molecule has 1 aliphatic heterocycles. The van der Waals surface area contributed by atoms with Crippen LogP contribution < -0.4 is 10.6 Å². The Morgan fingerprint density at radius 1 is 1.17 bits per heavy atom. The first-order chi connectivity index (χ1) is 13.8. The quantitative estimate of drug-likeness (QED) is 0.781. The van der Waals surface area contributed by atoms with Crippen LogP contribution >= 0.6 is 0 Å². The fourth-order valence-corrected chi connectivity index (χ4v) is 4.18. The lowest BCUT2D eigenvalue weighted by Gasteiger charge is -2.34. The summed E-state index contributed by atoms with van der Waals surface area (Å²) in [4.78, 5) is 42.3. The fraction of sp³-hybridized carbons (Fsp3) is 0.429. The van der Waals surface area contributed by atoms with Crippen molar-refractivity contribution in [1.82, 2.24) is 19.8 Å². The van der Waals surface area contributed by atoms with Crippen LogP contribution in [0.2, 0.25) is 0 Å². The van der Waals surface area contributed by atoms with Crippen LogP contribution in [0.5, 0.6) is 0 Å². The number of aryl methyl sites for hydroxylation is 1. The molecule has 152 valence electrons. The number of rotatable bonds is 3. The molecule has 1 aromatic heterocycles. The Kier molecular flexibility index (Phi) is 4.64. The average Bonchev–Trinajstić information content (AvgIpc) is 3.15. The van der Waals surface area contributed by atoms with Gasteiger partial charge < -0.3 is 15.2 Å². The van der Waals surface area contributed by atoms with Gasteiger partial charge in [-0.1, -0.05) is 0 Å². The lowest BCUT2D eigenvalue weighted by atomic mass is 9.76. The smallest absolute Gasteiger partial charge is 0.324 e. The van der Waals surface area contributed by atoms with Crippen molar-refractivity contribution in [3.8, 4) is 5.69 Å². The first kappa shape index (κ1) is 19.2. The van der Waals surface area contributed by atoms with E-state index in [2.05, 4.69) is 15.6 Å². The molecule has 2 N–H and O–H groups in total. The summed E-state index contributed by atoms with van der Waals surface area (Å²) in [5.74, 6) is -0.413. The van der Waals surface area contributed by atoms with Crippen LogP contribution in [0.4, 0.5) is 10.5 Å². The largest absolute Gasteiger partial charge is 0.326 e. The third kappa shape index (κ3) is 3.28. The summed E-state index contributed by atoms with van der Waals surface area (Å²) in [6.07, 6.45) is 3.89. The zero-order valence-electron chi connectivity index (χ0n) is 16.9. The Balaban J connectivity index is 1.37. The van der Waals surface area contributed by atoms with Gasteiger partial charge in [0.25, 0.3) is 5.91 Å². The molecule has 0 radical (unpaired) electrons. The topological polar surface area (TPSA) is 96.3 Å². The lowest BCUT2D eigenvalue weighted by molar-refractivity contribution is -0.133. The number of anilines is 1. The van der Waals surface area contributed by atoms with Gasteiger partial charge in [-0.25, -0.2) is 9.78 Å². The molecule has 8 nitrogen and oxygen atoms in total. The van der Waals surface area contributed by atoms with E-state index in [0.717, 1.165) is 27.7 Å². The van der Waals surface area contributed by atoms with Crippen molar-refractivity contribution in [1.29, 1.82) is 0 Å². The van der Waals surface area contributed by atoms with Crippen molar-refractivity contribution in [2.45, 2.75) is 45.1 Å². The number of carbonyl (C=O) groups is 3. The zero-order chi connectivity index (χ0) is 20.8. The molecule has 2 aromatic rings. The van der Waals surface area contributed by atoms with Crippen molar-refractivity contribution in [2.24, 2.45) is 5.92 Å². The SMILES string of the molecule is Cc1ncn(-c2ccc(NC(=O)C3CCC4(CC3)NC(=O)N(C)C4=O)cc2)c1C. The molecular formula is C21H25N5O3. The fourth-order valence-electron chi connectivity index (χ4n) is 4.18. The van der Waals surface area contributed by atoms with E-state index in [1.54, 1.807) is 6.33 Å². The van der Waals surface area contributed by atoms with E-state index in [9.17, 15) is 14.4 Å². The lowest BCUT2D eigenvalue weighted by Crippen LogP contribution is -2.50. The van der Waals surface area contributed by atoms with E-state index in [4.69, 9.17) is 0 Å². The summed E-state index contributed by atoms with van der Waals surface area (Å²) < 4.78 is 2.01. The molecule has 2 heterocycles. The number of nitrogens with one attached hydrogen (secondary N) is 2. The van der Waals surface area contributed by atoms with E-state index in [0.29, 0.717) is 25.7 Å². The van der Waals surface area contributed by atoms with Crippen molar-refractivity contribution in [3.63, 3.8) is 0 Å². The molecule has 2 fully saturated rings. The van der Waals surface area contributed by atoms with Crippen molar-refractivity contribution in [3.05, 3.63) is 42.0 Å². The molecule has 8 heteroatoms. The summed E-state index contributed by atoms with van der Waals surface area (Å²) in [6, 6.07) is 7.29. The van der Waals surface area contributed by atoms with Gasteiger partial charge in [0.2, 0.25) is 5.91 Å². The van der Waals surface area contributed by atoms with Crippen LogP contribution in [-0.4, -0.2) is 44.9 Å². The van der Waals surface area contributed by atoms with Crippen LogP contribution in [0, 0.1) is 19.8 Å². The van der Waals surface area contributed by atoms with Gasteiger partial charge >= 0.3 is 6.03 Å². The second kappa shape index (κ2) is 7.02. The molecule has 0 atom stereocenters. The van der Waals surface area contributed by atoms with Crippen molar-refractivity contribution in [2.75, 3.05) is 12.4 Å². The first-order valence-corrected chi connectivity index (χ1v) is 9.83. The number of nitrogens with zero attached hydrogens (tertiary/aromatic N) is 3. The summed E-state index contributed by atoms with van der Waals surface area (Å²) in [5, 5.41) is 5.78. The predicted octanol–water partition coefficient (Wildman–Crippen LogP) is 2.54. The molecule has 4 rings (SSSR count). The minimum atomic E-state index is -0.828. The van der Waals surface area contributed by atoms with Crippen molar-refractivity contribution < 1.29 is 14.4 Å². The molecule has 0 bridgehead atoms. The molecule has 1 saturated heterocycles. The first-order valence-electron chi connectivity index (χ1n) is 9.83. The molecular weight excluding hydrogens is 370 g/mol. The summed E-state index contributed by atoms with van der Waals surface area (Å²) in [7, 11) is 1.49. The molecule has 29 heavy (non-hydrogen) atoms. The number of aromatic nitrogens is 2. The van der Waals surface area contributed by atoms with Gasteiger partial charge in [-0.15, -0.1) is 0 Å². The van der Waals surface area contributed by atoms with Gasteiger partial charge in [-0.3, -0.25) is 14.5 Å². The standard InChI is InChI=1S/C21H25N5O3/c1-13-14(2)26(12-22-13)17-6-4-16(5-7-17)23-18(27)15-8-10-21(11-9-15)19(28)25(3)20(29)24-21/h4-7,12,15H,8-11H2,1-3H3,(H,23,27)(H,24,29). The second-order valence-electron chi connectivity index (χ2n) is 7.97. The molecule has 1 aromatic carbocycles. The Bertz CT molecular complexity index is 971. The number of carbonyl (C=O) groups excluding carboxylic acids is 3. The maximum Gasteiger partial charge on any atom is 0.324 e. The molecule has 1 spiro atoms. The summed E-state index contributed by atoms with van der Waals surface area (Å²) in [5.41, 5.74) is 2.96. The van der Waals surface area contributed by atoms with Gasteiger partial charge in [0, 0.05) is 30.0 Å². The van der Waals surface area contributed by atoms with Gasteiger partial charge in [0.15, 0.2) is 0 Å². The van der Waals surface area contributed by atoms with Crippen molar-refractivity contribution >= 4 is 23.5 Å². The van der Waals surface area contributed by atoms with E-state index in [1.165, 1.54) is 7.05 Å². The third-order valence-corrected chi connectivity index (χ3v) is 6.24. The highest BCUT2D eigenvalue weighted by molar-refractivity contribution is 6.07. The normalized spacial score (nSPS) is 24.1. The number of hydrogen-bond acceptors (Lipinski definition) is 4. The molecule has 4 amide bonds. The number of imidazole rings is 1. The molecule has 1 saturated carbocycles. The number of amides is 4. The Labute approximate surface area is 169 Å². The predicted molar refractivity (Wildman–Crippen MR) is 108 cm³/mol. The second-order valence-corrected chi connectivity index (χ2v) is 7.97. The molecule has 1 aliphatic carbocycles. The van der Waals surface area contributed by atoms with Crippen LogP contribution in [0.25, 0.3) is 5.69 Å². The van der Waals surface area contributed by atoms with Crippen LogP contribution in [0.1, 0.15) is 37.1 Å². The van der Waals surface area contributed by atoms with E-state index < -0.39 is 5.54 Å². The maximum absolute atomic E-state index is 12.7. The van der Waals surface area contributed by atoms with Gasteiger partial charge in [0.05, 0.1) is 12.0 Å². The number of benzene rings is 1. The minimum Gasteiger partial charge on any atom is -0.326 e. The molecule has 0 unspecified atom stereocenters. The average molecular weight is 395 g/mol. The highest BCUT2D eigenvalue weighted by Crippen LogP contribution is 2.36. The van der Waals surface area contributed by atoms with Gasteiger partial charge in [0.1, 0.15) is 5.54 Å². The van der Waals surface area contributed by atoms with Gasteiger partial charge in [-0.2, -0.15) is 0 Å². The Hall–Kier alpha value is -3.16. The Morgan fingerprint density at radius 2 is 1.83 bits per heavy atom. The van der Waals surface area contributed by atoms with E-state index >= 15 is 0 Å². The van der Waals surface area contributed by atoms with Crippen LogP contribution in [0.15, 0.2) is 30.6 Å². The third-order valence-electron chi connectivity index (χ3n) is 6.24. The highest BCUT2D eigenvalue weighted by Gasteiger charge is 2.51.